The molecule has 3 heteroatoms. The quantitative estimate of drug-likeness (QED) is 0.337. The molecule has 2 fully saturated rings. The van der Waals surface area contributed by atoms with Crippen LogP contribution >= 0.6 is 15.9 Å². The third-order valence-electron chi connectivity index (χ3n) is 9.22. The van der Waals surface area contributed by atoms with Crippen LogP contribution in [0.5, 0.6) is 0 Å². The molecular formula is C28H33BrO2. The predicted molar refractivity (Wildman–Crippen MR) is 129 cm³/mol. The zero-order valence-corrected chi connectivity index (χ0v) is 20.3. The molecule has 2 saturated carbocycles. The number of halogens is 1. The van der Waals surface area contributed by atoms with Gasteiger partial charge in [-0.3, -0.25) is 9.59 Å². The number of hydrogen-bond donors (Lipinski definition) is 0. The van der Waals surface area contributed by atoms with E-state index in [9.17, 15) is 9.59 Å². The van der Waals surface area contributed by atoms with Gasteiger partial charge in [0.1, 0.15) is 0 Å². The Balaban J connectivity index is 1.46. The lowest BCUT2D eigenvalue weighted by atomic mass is 9.55. The number of rotatable bonds is 4. The second kappa shape index (κ2) is 8.14. The van der Waals surface area contributed by atoms with Crippen molar-refractivity contribution in [2.75, 3.05) is 5.33 Å². The molecule has 5 atom stereocenters. The molecule has 0 aromatic heterocycles. The van der Waals surface area contributed by atoms with Gasteiger partial charge in [0.2, 0.25) is 0 Å². The third kappa shape index (κ3) is 3.52. The zero-order valence-electron chi connectivity index (χ0n) is 18.8. The van der Waals surface area contributed by atoms with Gasteiger partial charge >= 0.3 is 0 Å². The number of allylic oxidation sites excluding steroid dienone is 4. The first kappa shape index (κ1) is 21.4. The summed E-state index contributed by atoms with van der Waals surface area (Å²) in [5.41, 5.74) is 6.80. The molecule has 0 spiro atoms. The SMILES string of the molecule is CC(=O)c1ccc(C2CC3=C4CC[C@]5(C)[C@@H](CCBr)CC[C@H]5[C@@H]4CCC3=CC2=O)cc1. The Morgan fingerprint density at radius 3 is 2.61 bits per heavy atom. The minimum Gasteiger partial charge on any atom is -0.295 e. The van der Waals surface area contributed by atoms with Crippen LogP contribution in [0, 0.1) is 23.2 Å². The highest BCUT2D eigenvalue weighted by molar-refractivity contribution is 9.09. The zero-order chi connectivity index (χ0) is 21.8. The highest BCUT2D eigenvalue weighted by Crippen LogP contribution is 2.63. The number of alkyl halides is 1. The molecule has 0 amide bonds. The number of Topliss-reactive ketones (excluding diaryl/α,β-unsaturated/α-hetero) is 1. The Bertz CT molecular complexity index is 969. The predicted octanol–water partition coefficient (Wildman–Crippen LogP) is 7.19. The molecule has 164 valence electrons. The molecule has 0 bridgehead atoms. The summed E-state index contributed by atoms with van der Waals surface area (Å²) in [6.45, 7) is 4.17. The van der Waals surface area contributed by atoms with Gasteiger partial charge < -0.3 is 0 Å². The van der Waals surface area contributed by atoms with Crippen LogP contribution in [0.1, 0.15) is 87.1 Å². The molecule has 31 heavy (non-hydrogen) atoms. The van der Waals surface area contributed by atoms with Gasteiger partial charge in [0.15, 0.2) is 11.6 Å². The topological polar surface area (TPSA) is 34.1 Å². The Morgan fingerprint density at radius 2 is 1.90 bits per heavy atom. The first-order valence-corrected chi connectivity index (χ1v) is 13.2. The Morgan fingerprint density at radius 1 is 1.13 bits per heavy atom. The van der Waals surface area contributed by atoms with E-state index < -0.39 is 0 Å². The molecule has 0 saturated heterocycles. The van der Waals surface area contributed by atoms with Crippen LogP contribution in [0.4, 0.5) is 0 Å². The smallest absolute Gasteiger partial charge is 0.163 e. The van der Waals surface area contributed by atoms with Crippen molar-refractivity contribution in [2.45, 2.75) is 71.1 Å². The first-order chi connectivity index (χ1) is 14.9. The van der Waals surface area contributed by atoms with Gasteiger partial charge in [0.05, 0.1) is 5.92 Å². The summed E-state index contributed by atoms with van der Waals surface area (Å²) in [4.78, 5) is 24.6. The fourth-order valence-electron chi connectivity index (χ4n) is 7.48. The maximum Gasteiger partial charge on any atom is 0.163 e. The largest absolute Gasteiger partial charge is 0.295 e. The Labute approximate surface area is 194 Å². The average molecular weight is 481 g/mol. The lowest BCUT2D eigenvalue weighted by Crippen LogP contribution is -2.40. The van der Waals surface area contributed by atoms with Crippen molar-refractivity contribution in [2.24, 2.45) is 23.2 Å². The van der Waals surface area contributed by atoms with Crippen LogP contribution in [0.25, 0.3) is 0 Å². The molecule has 0 N–H and O–H groups in total. The summed E-state index contributed by atoms with van der Waals surface area (Å²) in [6.07, 6.45) is 11.7. The van der Waals surface area contributed by atoms with E-state index >= 15 is 0 Å². The third-order valence-corrected chi connectivity index (χ3v) is 9.68. The standard InChI is InChI=1S/C28H33BrO2/c1-17(30)18-3-5-19(6-4-18)25-16-24-20(15-27(25)31)7-9-23-22(24)11-13-28(2)21(12-14-29)8-10-26(23)28/h3-6,15,21,23,25-26H,7-14,16H2,1-2H3/t21-,23-,25?,26+,28-/m1/s1. The van der Waals surface area contributed by atoms with Crippen molar-refractivity contribution in [3.63, 3.8) is 0 Å². The van der Waals surface area contributed by atoms with Crippen molar-refractivity contribution >= 4 is 27.5 Å². The molecule has 4 aliphatic carbocycles. The number of ketones is 2. The number of benzene rings is 1. The van der Waals surface area contributed by atoms with Crippen molar-refractivity contribution in [3.8, 4) is 0 Å². The molecule has 4 aliphatic rings. The molecule has 0 aliphatic heterocycles. The summed E-state index contributed by atoms with van der Waals surface area (Å²) >= 11 is 3.69. The number of fused-ring (bicyclic) bond motifs is 4. The number of carbonyl (C=O) groups excluding carboxylic acids is 2. The highest BCUT2D eigenvalue weighted by Gasteiger charge is 2.53. The van der Waals surface area contributed by atoms with Crippen molar-refractivity contribution < 1.29 is 9.59 Å². The van der Waals surface area contributed by atoms with Gasteiger partial charge in [-0.25, -0.2) is 0 Å². The van der Waals surface area contributed by atoms with Gasteiger partial charge in [0.25, 0.3) is 0 Å². The fraction of sp³-hybridized carbons (Fsp3) is 0.571. The summed E-state index contributed by atoms with van der Waals surface area (Å²) in [7, 11) is 0. The van der Waals surface area contributed by atoms with E-state index in [0.29, 0.717) is 11.0 Å². The van der Waals surface area contributed by atoms with Gasteiger partial charge in [-0.2, -0.15) is 0 Å². The molecule has 5 rings (SSSR count). The van der Waals surface area contributed by atoms with E-state index in [0.717, 1.165) is 41.5 Å². The molecule has 2 nitrogen and oxygen atoms in total. The fourth-order valence-corrected chi connectivity index (χ4v) is 8.03. The summed E-state index contributed by atoms with van der Waals surface area (Å²) < 4.78 is 0. The average Bonchev–Trinajstić information content (AvgIpc) is 3.10. The Hall–Kier alpha value is -1.48. The van der Waals surface area contributed by atoms with Gasteiger partial charge in [-0.1, -0.05) is 52.7 Å². The molecular weight excluding hydrogens is 448 g/mol. The molecule has 0 heterocycles. The molecule has 0 radical (unpaired) electrons. The summed E-state index contributed by atoms with van der Waals surface area (Å²) in [5, 5.41) is 1.12. The van der Waals surface area contributed by atoms with Crippen LogP contribution in [0.3, 0.4) is 0 Å². The van der Waals surface area contributed by atoms with Crippen LogP contribution in [0.2, 0.25) is 0 Å². The Kier molecular flexibility index (Phi) is 5.61. The van der Waals surface area contributed by atoms with Crippen molar-refractivity contribution in [1.82, 2.24) is 0 Å². The van der Waals surface area contributed by atoms with Crippen molar-refractivity contribution in [1.29, 1.82) is 0 Å². The van der Waals surface area contributed by atoms with Crippen molar-refractivity contribution in [3.05, 3.63) is 58.2 Å². The number of hydrogen-bond acceptors (Lipinski definition) is 2. The maximum absolute atomic E-state index is 13.0. The van der Waals surface area contributed by atoms with Gasteiger partial charge in [-0.15, -0.1) is 0 Å². The van der Waals surface area contributed by atoms with E-state index in [1.807, 2.05) is 30.3 Å². The molecule has 1 unspecified atom stereocenters. The summed E-state index contributed by atoms with van der Waals surface area (Å²) in [5.74, 6) is 2.63. The van der Waals surface area contributed by atoms with E-state index in [1.165, 1.54) is 49.7 Å². The number of carbonyl (C=O) groups is 2. The molecule has 1 aromatic carbocycles. The van der Waals surface area contributed by atoms with Gasteiger partial charge in [-0.05, 0) is 104 Å². The lowest BCUT2D eigenvalue weighted by molar-refractivity contribution is -0.116. The van der Waals surface area contributed by atoms with E-state index in [4.69, 9.17) is 0 Å². The van der Waals surface area contributed by atoms with Crippen LogP contribution in [-0.4, -0.2) is 16.9 Å². The maximum atomic E-state index is 13.0. The lowest BCUT2D eigenvalue weighted by Gasteiger charge is -2.49. The molecule has 1 aromatic rings. The van der Waals surface area contributed by atoms with E-state index in [1.54, 1.807) is 12.5 Å². The van der Waals surface area contributed by atoms with Crippen LogP contribution in [0.15, 0.2) is 47.1 Å². The first-order valence-electron chi connectivity index (χ1n) is 12.1. The normalized spacial score (nSPS) is 34.7. The minimum absolute atomic E-state index is 0.0730. The second-order valence-electron chi connectivity index (χ2n) is 10.5. The minimum atomic E-state index is -0.0935. The van der Waals surface area contributed by atoms with E-state index in [-0.39, 0.29) is 17.5 Å². The second-order valence-corrected chi connectivity index (χ2v) is 11.3. The van der Waals surface area contributed by atoms with Crippen LogP contribution in [-0.2, 0) is 4.79 Å². The monoisotopic (exact) mass is 480 g/mol. The van der Waals surface area contributed by atoms with Crippen LogP contribution < -0.4 is 0 Å². The summed E-state index contributed by atoms with van der Waals surface area (Å²) in [6, 6.07) is 7.73. The van der Waals surface area contributed by atoms with E-state index in [2.05, 4.69) is 22.9 Å². The van der Waals surface area contributed by atoms with Gasteiger partial charge in [0, 0.05) is 10.9 Å². The highest BCUT2D eigenvalue weighted by atomic mass is 79.9.